The van der Waals surface area contributed by atoms with Crippen molar-refractivity contribution in [1.29, 1.82) is 0 Å². The van der Waals surface area contributed by atoms with Gasteiger partial charge in [-0.25, -0.2) is 8.78 Å². The Labute approximate surface area is 123 Å². The number of hydrogen-bond acceptors (Lipinski definition) is 1. The summed E-state index contributed by atoms with van der Waals surface area (Å²) in [5.41, 5.74) is 1.78. The highest BCUT2D eigenvalue weighted by Gasteiger charge is 2.10. The molecule has 0 unspecified atom stereocenters. The van der Waals surface area contributed by atoms with Gasteiger partial charge in [-0.3, -0.25) is 4.79 Å². The van der Waals surface area contributed by atoms with Gasteiger partial charge in [0.2, 0.25) is 5.91 Å². The summed E-state index contributed by atoms with van der Waals surface area (Å²) in [6, 6.07) is 8.56. The van der Waals surface area contributed by atoms with E-state index in [1.54, 1.807) is 6.07 Å². The molecule has 0 atom stereocenters. The summed E-state index contributed by atoms with van der Waals surface area (Å²) in [6.45, 7) is 1.90. The maximum atomic E-state index is 13.4. The van der Waals surface area contributed by atoms with Gasteiger partial charge < -0.3 is 5.32 Å². The molecule has 1 amide bonds. The summed E-state index contributed by atoms with van der Waals surface area (Å²) in [5.74, 6) is -1.72. The Balaban J connectivity index is 2.07. The van der Waals surface area contributed by atoms with Gasteiger partial charge in [-0.2, -0.15) is 0 Å². The molecule has 2 aromatic rings. The quantitative estimate of drug-likeness (QED) is 0.891. The van der Waals surface area contributed by atoms with E-state index in [2.05, 4.69) is 21.2 Å². The van der Waals surface area contributed by atoms with Crippen molar-refractivity contribution in [2.45, 2.75) is 13.3 Å². The highest BCUT2D eigenvalue weighted by atomic mass is 79.9. The Morgan fingerprint density at radius 3 is 2.60 bits per heavy atom. The zero-order valence-electron chi connectivity index (χ0n) is 10.7. The first-order chi connectivity index (χ1) is 9.45. The van der Waals surface area contributed by atoms with Crippen molar-refractivity contribution >= 4 is 27.5 Å². The summed E-state index contributed by atoms with van der Waals surface area (Å²) >= 11 is 3.37. The summed E-state index contributed by atoms with van der Waals surface area (Å²) < 4.78 is 27.2. The van der Waals surface area contributed by atoms with Crippen LogP contribution < -0.4 is 5.32 Å². The number of anilines is 1. The number of carbonyl (C=O) groups is 1. The molecule has 1 N–H and O–H groups in total. The van der Waals surface area contributed by atoms with E-state index >= 15 is 0 Å². The Morgan fingerprint density at radius 1 is 1.20 bits per heavy atom. The summed E-state index contributed by atoms with van der Waals surface area (Å²) in [7, 11) is 0. The van der Waals surface area contributed by atoms with Gasteiger partial charge in [0.05, 0.1) is 6.42 Å². The first-order valence-corrected chi connectivity index (χ1v) is 6.75. The number of halogens is 3. The third kappa shape index (κ3) is 3.63. The fourth-order valence-electron chi connectivity index (χ4n) is 1.77. The molecule has 0 saturated carbocycles. The summed E-state index contributed by atoms with van der Waals surface area (Å²) in [5, 5.41) is 2.68. The minimum Gasteiger partial charge on any atom is -0.326 e. The third-order valence-corrected chi connectivity index (χ3v) is 3.70. The van der Waals surface area contributed by atoms with Crippen molar-refractivity contribution in [3.05, 3.63) is 63.6 Å². The van der Waals surface area contributed by atoms with Crippen molar-refractivity contribution < 1.29 is 13.6 Å². The van der Waals surface area contributed by atoms with E-state index in [1.165, 1.54) is 6.07 Å². The topological polar surface area (TPSA) is 29.1 Å². The largest absolute Gasteiger partial charge is 0.326 e. The van der Waals surface area contributed by atoms with Crippen LogP contribution in [0.4, 0.5) is 14.5 Å². The van der Waals surface area contributed by atoms with Crippen LogP contribution in [0.2, 0.25) is 0 Å². The molecule has 0 heterocycles. The Bertz CT molecular complexity index is 658. The van der Waals surface area contributed by atoms with E-state index < -0.39 is 11.6 Å². The molecular weight excluding hydrogens is 328 g/mol. The van der Waals surface area contributed by atoms with Gasteiger partial charge in [0.15, 0.2) is 0 Å². The number of nitrogens with one attached hydrogen (secondary N) is 1. The van der Waals surface area contributed by atoms with Crippen LogP contribution in [0, 0.1) is 18.6 Å². The van der Waals surface area contributed by atoms with Gasteiger partial charge >= 0.3 is 0 Å². The maximum Gasteiger partial charge on any atom is 0.228 e. The van der Waals surface area contributed by atoms with Crippen molar-refractivity contribution in [3.63, 3.8) is 0 Å². The zero-order chi connectivity index (χ0) is 14.7. The molecule has 0 spiro atoms. The van der Waals surface area contributed by atoms with E-state index in [0.29, 0.717) is 5.69 Å². The van der Waals surface area contributed by atoms with Crippen LogP contribution in [-0.4, -0.2) is 5.91 Å². The van der Waals surface area contributed by atoms with Gasteiger partial charge in [-0.05, 0) is 42.3 Å². The lowest BCUT2D eigenvalue weighted by atomic mass is 10.1. The molecular formula is C15H12BrF2NO. The number of rotatable bonds is 3. The van der Waals surface area contributed by atoms with Crippen molar-refractivity contribution in [2.24, 2.45) is 0 Å². The molecule has 5 heteroatoms. The molecule has 0 aromatic heterocycles. The molecule has 0 aliphatic carbocycles. The first-order valence-electron chi connectivity index (χ1n) is 5.95. The van der Waals surface area contributed by atoms with E-state index in [4.69, 9.17) is 0 Å². The average Bonchev–Trinajstić information content (AvgIpc) is 2.37. The second-order valence-electron chi connectivity index (χ2n) is 4.42. The maximum absolute atomic E-state index is 13.4. The third-order valence-electron chi connectivity index (χ3n) is 2.81. The Hall–Kier alpha value is -1.75. The molecule has 0 radical (unpaired) electrons. The van der Waals surface area contributed by atoms with Gasteiger partial charge in [-0.15, -0.1) is 0 Å². The minimum absolute atomic E-state index is 0.138. The molecule has 0 aliphatic heterocycles. The lowest BCUT2D eigenvalue weighted by Gasteiger charge is -2.08. The van der Waals surface area contributed by atoms with E-state index in [0.717, 1.165) is 22.2 Å². The van der Waals surface area contributed by atoms with Crippen molar-refractivity contribution in [1.82, 2.24) is 0 Å². The van der Waals surface area contributed by atoms with Crippen molar-refractivity contribution in [2.75, 3.05) is 5.32 Å². The number of benzene rings is 2. The minimum atomic E-state index is -0.716. The van der Waals surface area contributed by atoms with Crippen LogP contribution in [-0.2, 0) is 11.2 Å². The van der Waals surface area contributed by atoms with Crippen LogP contribution in [0.5, 0.6) is 0 Å². The Morgan fingerprint density at radius 2 is 1.95 bits per heavy atom. The summed E-state index contributed by atoms with van der Waals surface area (Å²) in [6.07, 6.45) is -0.138. The first kappa shape index (κ1) is 14.7. The van der Waals surface area contributed by atoms with E-state index in [-0.39, 0.29) is 17.9 Å². The van der Waals surface area contributed by atoms with Gasteiger partial charge in [0, 0.05) is 16.2 Å². The second kappa shape index (κ2) is 6.13. The molecule has 0 fully saturated rings. The van der Waals surface area contributed by atoms with E-state index in [9.17, 15) is 13.6 Å². The van der Waals surface area contributed by atoms with Crippen molar-refractivity contribution in [3.8, 4) is 0 Å². The molecule has 0 saturated heterocycles. The lowest BCUT2D eigenvalue weighted by molar-refractivity contribution is -0.115. The smallest absolute Gasteiger partial charge is 0.228 e. The average molecular weight is 340 g/mol. The fourth-order valence-corrected chi connectivity index (χ4v) is 2.01. The Kier molecular flexibility index (Phi) is 4.49. The molecule has 2 nitrogen and oxygen atoms in total. The van der Waals surface area contributed by atoms with E-state index in [1.807, 2.05) is 19.1 Å². The monoisotopic (exact) mass is 339 g/mol. The fraction of sp³-hybridized carbons (Fsp3) is 0.133. The standard InChI is InChI=1S/C15H12BrF2NO/c1-9-6-12(4-5-13(9)16)19-15(20)7-10-2-3-11(17)8-14(10)18/h2-6,8H,7H2,1H3,(H,19,20). The van der Waals surface area contributed by atoms with Crippen LogP contribution in [0.1, 0.15) is 11.1 Å². The van der Waals surface area contributed by atoms with Gasteiger partial charge in [0.25, 0.3) is 0 Å². The van der Waals surface area contributed by atoms with Crippen LogP contribution in [0.25, 0.3) is 0 Å². The number of carbonyl (C=O) groups excluding carboxylic acids is 1. The normalized spacial score (nSPS) is 10.4. The second-order valence-corrected chi connectivity index (χ2v) is 5.28. The molecule has 2 rings (SSSR count). The van der Waals surface area contributed by atoms with Gasteiger partial charge in [-0.1, -0.05) is 22.0 Å². The molecule has 104 valence electrons. The molecule has 0 aliphatic rings. The molecule has 2 aromatic carbocycles. The predicted octanol–water partition coefficient (Wildman–Crippen LogP) is 4.22. The molecule has 20 heavy (non-hydrogen) atoms. The lowest BCUT2D eigenvalue weighted by Crippen LogP contribution is -2.15. The van der Waals surface area contributed by atoms with Crippen LogP contribution in [0.15, 0.2) is 40.9 Å². The van der Waals surface area contributed by atoms with Crippen LogP contribution >= 0.6 is 15.9 Å². The highest BCUT2D eigenvalue weighted by Crippen LogP contribution is 2.20. The number of aryl methyl sites for hydroxylation is 1. The number of amides is 1. The molecule has 0 bridgehead atoms. The predicted molar refractivity (Wildman–Crippen MR) is 77.6 cm³/mol. The van der Waals surface area contributed by atoms with Crippen LogP contribution in [0.3, 0.4) is 0 Å². The number of hydrogen-bond donors (Lipinski definition) is 1. The van der Waals surface area contributed by atoms with Gasteiger partial charge in [0.1, 0.15) is 11.6 Å². The summed E-state index contributed by atoms with van der Waals surface area (Å²) in [4.78, 5) is 11.8. The zero-order valence-corrected chi connectivity index (χ0v) is 12.3. The SMILES string of the molecule is Cc1cc(NC(=O)Cc2ccc(F)cc2F)ccc1Br. The highest BCUT2D eigenvalue weighted by molar-refractivity contribution is 9.10.